The van der Waals surface area contributed by atoms with Gasteiger partial charge in [-0.2, -0.15) is 0 Å². The van der Waals surface area contributed by atoms with Crippen molar-refractivity contribution in [2.24, 2.45) is 0 Å². The van der Waals surface area contributed by atoms with Crippen LogP contribution in [0.2, 0.25) is 0 Å². The number of anilines is 1. The molecule has 29 heavy (non-hydrogen) atoms. The van der Waals surface area contributed by atoms with Crippen LogP contribution in [-0.2, 0) is 16.6 Å². The second kappa shape index (κ2) is 8.49. The first kappa shape index (κ1) is 20.6. The molecule has 3 aromatic carbocycles. The van der Waals surface area contributed by atoms with Crippen LogP contribution in [0.25, 0.3) is 0 Å². The number of amides is 1. The molecule has 0 bridgehead atoms. The van der Waals surface area contributed by atoms with Crippen molar-refractivity contribution in [3.63, 3.8) is 0 Å². The minimum Gasteiger partial charge on any atom is -0.348 e. The Hall–Kier alpha value is -3.12. The molecule has 0 saturated carbocycles. The minimum atomic E-state index is -3.78. The number of carbonyl (C=O) groups excluding carboxylic acids is 1. The van der Waals surface area contributed by atoms with E-state index in [0.29, 0.717) is 17.8 Å². The van der Waals surface area contributed by atoms with Crippen molar-refractivity contribution >= 4 is 21.6 Å². The van der Waals surface area contributed by atoms with E-state index in [1.165, 1.54) is 23.5 Å². The summed E-state index contributed by atoms with van der Waals surface area (Å²) in [6.45, 7) is 4.27. The van der Waals surface area contributed by atoms with E-state index in [1.807, 2.05) is 50.2 Å². The molecule has 0 saturated heterocycles. The number of benzene rings is 3. The molecule has 6 heteroatoms. The predicted octanol–water partition coefficient (Wildman–Crippen LogP) is 4.06. The Morgan fingerprint density at radius 2 is 1.55 bits per heavy atom. The van der Waals surface area contributed by atoms with E-state index >= 15 is 0 Å². The summed E-state index contributed by atoms with van der Waals surface area (Å²) in [7, 11) is -2.28. The van der Waals surface area contributed by atoms with Crippen LogP contribution in [0.3, 0.4) is 0 Å². The molecule has 0 aliphatic carbocycles. The summed E-state index contributed by atoms with van der Waals surface area (Å²) >= 11 is 0. The molecule has 0 aromatic heterocycles. The Kier molecular flexibility index (Phi) is 6.03. The van der Waals surface area contributed by atoms with Crippen LogP contribution in [0.15, 0.2) is 77.7 Å². The summed E-state index contributed by atoms with van der Waals surface area (Å²) in [6.07, 6.45) is 0. The molecule has 5 nitrogen and oxygen atoms in total. The van der Waals surface area contributed by atoms with Crippen molar-refractivity contribution in [2.75, 3.05) is 11.4 Å². The van der Waals surface area contributed by atoms with Crippen molar-refractivity contribution < 1.29 is 13.2 Å². The fourth-order valence-electron chi connectivity index (χ4n) is 3.03. The third kappa shape index (κ3) is 4.84. The molecule has 0 spiro atoms. The van der Waals surface area contributed by atoms with Gasteiger partial charge in [0.2, 0.25) is 0 Å². The lowest BCUT2D eigenvalue weighted by molar-refractivity contribution is 0.0950. The quantitative estimate of drug-likeness (QED) is 0.669. The Morgan fingerprint density at radius 1 is 0.897 bits per heavy atom. The molecule has 0 unspecified atom stereocenters. The van der Waals surface area contributed by atoms with Crippen molar-refractivity contribution in [3.05, 3.63) is 95.1 Å². The molecule has 0 heterocycles. The maximum Gasteiger partial charge on any atom is 0.264 e. The Labute approximate surface area is 172 Å². The minimum absolute atomic E-state index is 0.0738. The van der Waals surface area contributed by atoms with Crippen LogP contribution in [-0.4, -0.2) is 21.4 Å². The van der Waals surface area contributed by atoms with Crippen LogP contribution >= 0.6 is 0 Å². The highest BCUT2D eigenvalue weighted by atomic mass is 32.2. The highest BCUT2D eigenvalue weighted by Crippen LogP contribution is 2.23. The van der Waals surface area contributed by atoms with E-state index in [4.69, 9.17) is 0 Å². The van der Waals surface area contributed by atoms with Crippen LogP contribution in [0, 0.1) is 13.8 Å². The first-order chi connectivity index (χ1) is 13.8. The van der Waals surface area contributed by atoms with E-state index in [2.05, 4.69) is 5.32 Å². The largest absolute Gasteiger partial charge is 0.348 e. The SMILES string of the molecule is Cc1cccc(CNC(=O)c2cccc(S(=O)(=O)N(C)c3cccc(C)c3)c2)c1. The lowest BCUT2D eigenvalue weighted by atomic mass is 10.1. The summed E-state index contributed by atoms with van der Waals surface area (Å²) in [4.78, 5) is 12.6. The second-order valence-corrected chi connectivity index (χ2v) is 8.98. The molecule has 1 amide bonds. The maximum atomic E-state index is 13.0. The van der Waals surface area contributed by atoms with Crippen LogP contribution in [0.5, 0.6) is 0 Å². The number of rotatable bonds is 6. The van der Waals surface area contributed by atoms with Crippen LogP contribution in [0.1, 0.15) is 27.0 Å². The zero-order valence-corrected chi connectivity index (χ0v) is 17.5. The molecule has 3 rings (SSSR count). The first-order valence-corrected chi connectivity index (χ1v) is 10.7. The van der Waals surface area contributed by atoms with Crippen molar-refractivity contribution in [1.29, 1.82) is 0 Å². The van der Waals surface area contributed by atoms with E-state index in [0.717, 1.165) is 16.7 Å². The molecule has 0 aliphatic heterocycles. The standard InChI is InChI=1S/C23H24N2O3S/c1-17-7-4-9-19(13-17)16-24-23(26)20-10-6-12-22(15-20)29(27,28)25(3)21-11-5-8-18(2)14-21/h4-15H,16H2,1-3H3,(H,24,26). The average molecular weight is 409 g/mol. The lowest BCUT2D eigenvalue weighted by Gasteiger charge is -2.20. The van der Waals surface area contributed by atoms with Crippen molar-refractivity contribution in [2.45, 2.75) is 25.3 Å². The van der Waals surface area contributed by atoms with E-state index in [9.17, 15) is 13.2 Å². The highest BCUT2D eigenvalue weighted by Gasteiger charge is 2.22. The fraction of sp³-hybridized carbons (Fsp3) is 0.174. The van der Waals surface area contributed by atoms with Gasteiger partial charge in [0.25, 0.3) is 15.9 Å². The molecular weight excluding hydrogens is 384 g/mol. The lowest BCUT2D eigenvalue weighted by Crippen LogP contribution is -2.27. The average Bonchev–Trinajstić information content (AvgIpc) is 2.71. The zero-order valence-electron chi connectivity index (χ0n) is 16.7. The number of nitrogens with one attached hydrogen (secondary N) is 1. The number of hydrogen-bond acceptors (Lipinski definition) is 3. The van der Waals surface area contributed by atoms with Crippen molar-refractivity contribution in [3.8, 4) is 0 Å². The van der Waals surface area contributed by atoms with E-state index < -0.39 is 10.0 Å². The van der Waals surface area contributed by atoms with E-state index in [1.54, 1.807) is 24.3 Å². The van der Waals surface area contributed by atoms with E-state index in [-0.39, 0.29) is 10.8 Å². The zero-order chi connectivity index (χ0) is 21.0. The fourth-order valence-corrected chi connectivity index (χ4v) is 4.26. The predicted molar refractivity (Wildman–Crippen MR) is 116 cm³/mol. The third-order valence-electron chi connectivity index (χ3n) is 4.66. The molecule has 150 valence electrons. The van der Waals surface area contributed by atoms with Gasteiger partial charge >= 0.3 is 0 Å². The van der Waals surface area contributed by atoms with Crippen LogP contribution in [0.4, 0.5) is 5.69 Å². The monoisotopic (exact) mass is 408 g/mol. The topological polar surface area (TPSA) is 66.5 Å². The van der Waals surface area contributed by atoms with Crippen LogP contribution < -0.4 is 9.62 Å². The molecule has 0 aliphatic rings. The van der Waals surface area contributed by atoms with Gasteiger partial charge in [-0.25, -0.2) is 8.42 Å². The van der Waals surface area contributed by atoms with Crippen molar-refractivity contribution in [1.82, 2.24) is 5.32 Å². The smallest absolute Gasteiger partial charge is 0.264 e. The normalized spacial score (nSPS) is 11.1. The molecule has 0 atom stereocenters. The van der Waals surface area contributed by atoms with Gasteiger partial charge in [0.05, 0.1) is 10.6 Å². The van der Waals surface area contributed by atoms with Gasteiger partial charge in [0.1, 0.15) is 0 Å². The second-order valence-electron chi connectivity index (χ2n) is 7.01. The summed E-state index contributed by atoms with van der Waals surface area (Å²) in [5.41, 5.74) is 3.94. The number of hydrogen-bond donors (Lipinski definition) is 1. The molecule has 0 radical (unpaired) electrons. The Bertz CT molecular complexity index is 1140. The highest BCUT2D eigenvalue weighted by molar-refractivity contribution is 7.92. The summed E-state index contributed by atoms with van der Waals surface area (Å²) in [5.74, 6) is -0.318. The Morgan fingerprint density at radius 3 is 2.24 bits per heavy atom. The Balaban J connectivity index is 1.79. The maximum absolute atomic E-state index is 13.0. The molecular formula is C23H24N2O3S. The summed E-state index contributed by atoms with van der Waals surface area (Å²) in [5, 5.41) is 2.84. The van der Waals surface area contributed by atoms with Gasteiger partial charge < -0.3 is 5.32 Å². The molecule has 1 N–H and O–H groups in total. The number of sulfonamides is 1. The van der Waals surface area contributed by atoms with Gasteiger partial charge in [0, 0.05) is 19.2 Å². The summed E-state index contributed by atoms with van der Waals surface area (Å²) < 4.78 is 27.3. The van der Waals surface area contributed by atoms with Gasteiger partial charge in [-0.3, -0.25) is 9.10 Å². The molecule has 3 aromatic rings. The molecule has 0 fully saturated rings. The number of aryl methyl sites for hydroxylation is 2. The number of nitrogens with zero attached hydrogens (tertiary/aromatic N) is 1. The van der Waals surface area contributed by atoms with Gasteiger partial charge in [0.15, 0.2) is 0 Å². The number of carbonyl (C=O) groups is 1. The van der Waals surface area contributed by atoms with Gasteiger partial charge in [-0.05, 0) is 55.3 Å². The first-order valence-electron chi connectivity index (χ1n) is 9.27. The third-order valence-corrected chi connectivity index (χ3v) is 6.44. The summed E-state index contributed by atoms with van der Waals surface area (Å²) in [6, 6.07) is 21.2. The van der Waals surface area contributed by atoms with Gasteiger partial charge in [-0.15, -0.1) is 0 Å². The van der Waals surface area contributed by atoms with Gasteiger partial charge in [-0.1, -0.05) is 48.0 Å².